The van der Waals surface area contributed by atoms with Crippen molar-refractivity contribution in [3.8, 4) is 33.4 Å². The molecule has 0 unspecified atom stereocenters. The normalized spacial score (nSPS) is 17.9. The standard InChI is InChI=1S/C50H49N/c1-47(2)26-27-48(3,4)45-28-32(22-25-42(45)47)38-30-39-36-19-13-15-21-41(36)50(7,8)44(39)31-46(38)51(33-16-10-9-11-17-33)34-23-24-37-35-18-12-14-20-40(35)49(5,6)43(37)29-34/h9-25,28-31H,26-27H2,1-8H3. The third-order valence-electron chi connectivity index (χ3n) is 12.9. The second-order valence-electron chi connectivity index (χ2n) is 17.7. The summed E-state index contributed by atoms with van der Waals surface area (Å²) in [6.45, 7) is 19.3. The van der Waals surface area contributed by atoms with Gasteiger partial charge in [-0.1, -0.05) is 146 Å². The zero-order valence-electron chi connectivity index (χ0n) is 31.5. The van der Waals surface area contributed by atoms with Crippen LogP contribution < -0.4 is 4.90 Å². The third-order valence-corrected chi connectivity index (χ3v) is 12.9. The van der Waals surface area contributed by atoms with Gasteiger partial charge in [0, 0.05) is 27.8 Å². The molecule has 254 valence electrons. The highest BCUT2D eigenvalue weighted by Crippen LogP contribution is 2.56. The molecule has 1 nitrogen and oxygen atoms in total. The molecule has 6 aromatic rings. The van der Waals surface area contributed by atoms with Crippen LogP contribution in [-0.2, 0) is 21.7 Å². The fraction of sp³-hybridized carbons (Fsp3) is 0.280. The minimum atomic E-state index is -0.120. The van der Waals surface area contributed by atoms with Crippen LogP contribution in [0.2, 0.25) is 0 Å². The maximum Gasteiger partial charge on any atom is 0.0543 e. The maximum atomic E-state index is 2.54. The zero-order chi connectivity index (χ0) is 35.5. The molecule has 0 heterocycles. The third kappa shape index (κ3) is 4.66. The first kappa shape index (κ1) is 32.1. The van der Waals surface area contributed by atoms with Crippen molar-refractivity contribution in [3.63, 3.8) is 0 Å². The lowest BCUT2D eigenvalue weighted by Crippen LogP contribution is -2.33. The van der Waals surface area contributed by atoms with Crippen LogP contribution in [0.4, 0.5) is 17.1 Å². The van der Waals surface area contributed by atoms with Crippen LogP contribution >= 0.6 is 0 Å². The van der Waals surface area contributed by atoms with Gasteiger partial charge in [0.25, 0.3) is 0 Å². The molecule has 3 aliphatic carbocycles. The molecule has 0 aromatic heterocycles. The molecule has 0 saturated heterocycles. The Morgan fingerprint density at radius 1 is 0.373 bits per heavy atom. The molecule has 0 spiro atoms. The van der Waals surface area contributed by atoms with E-state index in [9.17, 15) is 0 Å². The second kappa shape index (κ2) is 10.8. The van der Waals surface area contributed by atoms with Crippen LogP contribution in [0, 0.1) is 0 Å². The van der Waals surface area contributed by atoms with Gasteiger partial charge in [0.05, 0.1) is 5.69 Å². The lowest BCUT2D eigenvalue weighted by Gasteiger charge is -2.42. The summed E-state index contributed by atoms with van der Waals surface area (Å²) in [4.78, 5) is 2.53. The summed E-state index contributed by atoms with van der Waals surface area (Å²) in [5.41, 5.74) is 20.2. The van der Waals surface area contributed by atoms with Crippen molar-refractivity contribution in [2.24, 2.45) is 0 Å². The molecule has 0 bridgehead atoms. The van der Waals surface area contributed by atoms with Gasteiger partial charge in [-0.3, -0.25) is 0 Å². The van der Waals surface area contributed by atoms with Crippen LogP contribution in [-0.4, -0.2) is 0 Å². The molecule has 0 fully saturated rings. The number of para-hydroxylation sites is 1. The van der Waals surface area contributed by atoms with E-state index in [-0.39, 0.29) is 21.7 Å². The van der Waals surface area contributed by atoms with Gasteiger partial charge in [-0.05, 0) is 121 Å². The molecule has 0 N–H and O–H groups in total. The highest BCUT2D eigenvalue weighted by atomic mass is 15.1. The number of hydrogen-bond acceptors (Lipinski definition) is 1. The monoisotopic (exact) mass is 663 g/mol. The molecule has 0 radical (unpaired) electrons. The Morgan fingerprint density at radius 3 is 1.59 bits per heavy atom. The summed E-state index contributed by atoms with van der Waals surface area (Å²) >= 11 is 0. The molecule has 0 aliphatic heterocycles. The van der Waals surface area contributed by atoms with Gasteiger partial charge in [0.1, 0.15) is 0 Å². The van der Waals surface area contributed by atoms with Crippen LogP contribution in [0.1, 0.15) is 102 Å². The van der Waals surface area contributed by atoms with Crippen LogP contribution in [0.15, 0.2) is 127 Å². The quantitative estimate of drug-likeness (QED) is 0.181. The van der Waals surface area contributed by atoms with E-state index < -0.39 is 0 Å². The molecule has 0 saturated carbocycles. The number of benzene rings is 6. The van der Waals surface area contributed by atoms with Gasteiger partial charge < -0.3 is 4.90 Å². The first-order chi connectivity index (χ1) is 24.3. The number of rotatable bonds is 4. The van der Waals surface area contributed by atoms with E-state index in [1.807, 2.05) is 0 Å². The van der Waals surface area contributed by atoms with Crippen molar-refractivity contribution in [2.45, 2.75) is 89.9 Å². The zero-order valence-corrected chi connectivity index (χ0v) is 31.5. The van der Waals surface area contributed by atoms with Crippen molar-refractivity contribution >= 4 is 17.1 Å². The second-order valence-corrected chi connectivity index (χ2v) is 17.7. The van der Waals surface area contributed by atoms with E-state index in [1.54, 1.807) is 0 Å². The van der Waals surface area contributed by atoms with Gasteiger partial charge in [0.15, 0.2) is 0 Å². The lowest BCUT2D eigenvalue weighted by atomic mass is 9.63. The number of hydrogen-bond donors (Lipinski definition) is 0. The van der Waals surface area contributed by atoms with Crippen LogP contribution in [0.5, 0.6) is 0 Å². The maximum absolute atomic E-state index is 2.54. The molecule has 1 heteroatoms. The molecule has 9 rings (SSSR count). The molecular formula is C50H49N. The molecular weight excluding hydrogens is 615 g/mol. The van der Waals surface area contributed by atoms with E-state index in [4.69, 9.17) is 0 Å². The summed E-state index contributed by atoms with van der Waals surface area (Å²) in [5.74, 6) is 0. The van der Waals surface area contributed by atoms with Crippen molar-refractivity contribution in [3.05, 3.63) is 161 Å². The Hall–Kier alpha value is -4.88. The Kier molecular flexibility index (Phi) is 6.80. The Labute approximate surface area is 305 Å². The van der Waals surface area contributed by atoms with Crippen molar-refractivity contribution in [2.75, 3.05) is 4.90 Å². The van der Waals surface area contributed by atoms with Crippen molar-refractivity contribution in [1.82, 2.24) is 0 Å². The first-order valence-corrected chi connectivity index (χ1v) is 18.8. The fourth-order valence-corrected chi connectivity index (χ4v) is 9.74. The number of nitrogens with zero attached hydrogens (tertiary/aromatic N) is 1. The predicted molar refractivity (Wildman–Crippen MR) is 217 cm³/mol. The number of fused-ring (bicyclic) bond motifs is 7. The van der Waals surface area contributed by atoms with Gasteiger partial charge >= 0.3 is 0 Å². The molecule has 0 atom stereocenters. The van der Waals surface area contributed by atoms with E-state index in [0.717, 1.165) is 0 Å². The minimum absolute atomic E-state index is 0.0917. The summed E-state index contributed by atoms with van der Waals surface area (Å²) in [5, 5.41) is 0. The predicted octanol–water partition coefficient (Wildman–Crippen LogP) is 13.8. The molecule has 6 aromatic carbocycles. The van der Waals surface area contributed by atoms with Crippen LogP contribution in [0.25, 0.3) is 33.4 Å². The highest BCUT2D eigenvalue weighted by molar-refractivity contribution is 5.95. The topological polar surface area (TPSA) is 3.24 Å². The van der Waals surface area contributed by atoms with Gasteiger partial charge in [0.2, 0.25) is 0 Å². The van der Waals surface area contributed by atoms with E-state index in [1.165, 1.54) is 96.7 Å². The van der Waals surface area contributed by atoms with E-state index >= 15 is 0 Å². The Morgan fingerprint density at radius 2 is 0.922 bits per heavy atom. The highest BCUT2D eigenvalue weighted by Gasteiger charge is 2.40. The average Bonchev–Trinajstić information content (AvgIpc) is 3.49. The molecule has 0 amide bonds. The summed E-state index contributed by atoms with van der Waals surface area (Å²) in [6, 6.07) is 48.6. The summed E-state index contributed by atoms with van der Waals surface area (Å²) in [6.07, 6.45) is 2.40. The van der Waals surface area contributed by atoms with Crippen LogP contribution in [0.3, 0.4) is 0 Å². The van der Waals surface area contributed by atoms with Gasteiger partial charge in [-0.2, -0.15) is 0 Å². The SMILES string of the molecule is CC1(C)CCC(C)(C)c2cc(-c3cc4c(cc3N(c3ccccc3)c3ccc5c(c3)C(C)(C)c3ccccc3-5)C(C)(C)c3ccccc3-4)ccc21. The lowest BCUT2D eigenvalue weighted by molar-refractivity contribution is 0.332. The Bertz CT molecular complexity index is 2370. The van der Waals surface area contributed by atoms with Crippen molar-refractivity contribution in [1.29, 1.82) is 0 Å². The van der Waals surface area contributed by atoms with Gasteiger partial charge in [-0.15, -0.1) is 0 Å². The minimum Gasteiger partial charge on any atom is -0.310 e. The molecule has 51 heavy (non-hydrogen) atoms. The largest absolute Gasteiger partial charge is 0.310 e. The molecule has 3 aliphatic rings. The summed E-state index contributed by atoms with van der Waals surface area (Å²) in [7, 11) is 0. The fourth-order valence-electron chi connectivity index (χ4n) is 9.74. The van der Waals surface area contributed by atoms with E-state index in [2.05, 4.69) is 188 Å². The average molecular weight is 664 g/mol. The van der Waals surface area contributed by atoms with Gasteiger partial charge in [-0.25, -0.2) is 0 Å². The smallest absolute Gasteiger partial charge is 0.0543 e. The van der Waals surface area contributed by atoms with Crippen molar-refractivity contribution < 1.29 is 0 Å². The Balaban J connectivity index is 1.33. The van der Waals surface area contributed by atoms with E-state index in [0.29, 0.717) is 0 Å². The first-order valence-electron chi connectivity index (χ1n) is 18.8. The summed E-state index contributed by atoms with van der Waals surface area (Å²) < 4.78 is 0. The number of anilines is 3.